The number of aryl methyl sites for hydroxylation is 2. The quantitative estimate of drug-likeness (QED) is 0.823. The van der Waals surface area contributed by atoms with Crippen molar-refractivity contribution in [3.05, 3.63) is 29.3 Å². The number of benzene rings is 1. The van der Waals surface area contributed by atoms with Crippen LogP contribution in [0.25, 0.3) is 0 Å². The molecule has 0 aliphatic carbocycles. The average molecular weight is 249 g/mol. The first-order valence-corrected chi connectivity index (χ1v) is 6.25. The molecule has 4 heteroatoms. The molecule has 0 aromatic heterocycles. The third-order valence-corrected chi connectivity index (χ3v) is 2.96. The number of ether oxygens (including phenoxy) is 2. The van der Waals surface area contributed by atoms with Gasteiger partial charge in [-0.25, -0.2) is 4.79 Å². The van der Waals surface area contributed by atoms with Crippen LogP contribution in [0.3, 0.4) is 0 Å². The standard InChI is InChI=1S/C14H19NO3/c1-4-15-8-13(18-14(15)16)9-17-12-6-10(2)5-11(3)7-12/h5-7,13H,4,8-9H2,1-3H3/t13-/m0/s1. The summed E-state index contributed by atoms with van der Waals surface area (Å²) >= 11 is 0. The lowest BCUT2D eigenvalue weighted by molar-refractivity contribution is 0.103. The van der Waals surface area contributed by atoms with E-state index in [0.717, 1.165) is 5.75 Å². The van der Waals surface area contributed by atoms with Gasteiger partial charge in [0.25, 0.3) is 0 Å². The normalized spacial score (nSPS) is 18.9. The second kappa shape index (κ2) is 5.29. The SMILES string of the molecule is CCN1C[C@@H](COc2cc(C)cc(C)c2)OC1=O. The summed E-state index contributed by atoms with van der Waals surface area (Å²) in [6, 6.07) is 6.07. The number of carbonyl (C=O) groups excluding carboxylic acids is 1. The summed E-state index contributed by atoms with van der Waals surface area (Å²) in [7, 11) is 0. The van der Waals surface area contributed by atoms with E-state index in [-0.39, 0.29) is 12.2 Å². The number of amides is 1. The minimum Gasteiger partial charge on any atom is -0.490 e. The Kier molecular flexibility index (Phi) is 3.75. The van der Waals surface area contributed by atoms with Gasteiger partial charge in [0.05, 0.1) is 6.54 Å². The lowest BCUT2D eigenvalue weighted by Crippen LogP contribution is -2.26. The Hall–Kier alpha value is -1.71. The lowest BCUT2D eigenvalue weighted by atomic mass is 10.1. The van der Waals surface area contributed by atoms with Gasteiger partial charge in [-0.2, -0.15) is 0 Å². The molecule has 0 N–H and O–H groups in total. The number of cyclic esters (lactones) is 1. The van der Waals surface area contributed by atoms with Crippen LogP contribution in [0.15, 0.2) is 18.2 Å². The number of hydrogen-bond acceptors (Lipinski definition) is 3. The molecule has 2 rings (SSSR count). The Morgan fingerprint density at radius 1 is 1.33 bits per heavy atom. The van der Waals surface area contributed by atoms with Crippen molar-refractivity contribution in [2.45, 2.75) is 26.9 Å². The monoisotopic (exact) mass is 249 g/mol. The molecule has 0 radical (unpaired) electrons. The van der Waals surface area contributed by atoms with Crippen LogP contribution in [0.4, 0.5) is 4.79 Å². The van der Waals surface area contributed by atoms with Crippen molar-refractivity contribution in [1.29, 1.82) is 0 Å². The van der Waals surface area contributed by atoms with Crippen molar-refractivity contribution >= 4 is 6.09 Å². The number of hydrogen-bond donors (Lipinski definition) is 0. The molecule has 0 unspecified atom stereocenters. The highest BCUT2D eigenvalue weighted by molar-refractivity contribution is 5.69. The van der Waals surface area contributed by atoms with Crippen molar-refractivity contribution in [3.8, 4) is 5.75 Å². The highest BCUT2D eigenvalue weighted by atomic mass is 16.6. The Morgan fingerprint density at radius 3 is 2.56 bits per heavy atom. The van der Waals surface area contributed by atoms with E-state index in [1.807, 2.05) is 32.9 Å². The summed E-state index contributed by atoms with van der Waals surface area (Å²) in [5, 5.41) is 0. The molecule has 1 aliphatic heterocycles. The second-order valence-electron chi connectivity index (χ2n) is 4.68. The smallest absolute Gasteiger partial charge is 0.410 e. The zero-order valence-corrected chi connectivity index (χ0v) is 11.1. The molecule has 18 heavy (non-hydrogen) atoms. The van der Waals surface area contributed by atoms with E-state index in [4.69, 9.17) is 9.47 Å². The largest absolute Gasteiger partial charge is 0.490 e. The van der Waals surface area contributed by atoms with Crippen LogP contribution in [0.1, 0.15) is 18.1 Å². The molecule has 1 heterocycles. The molecule has 1 aromatic carbocycles. The molecule has 4 nitrogen and oxygen atoms in total. The Morgan fingerprint density at radius 2 is 2.00 bits per heavy atom. The number of rotatable bonds is 4. The predicted octanol–water partition coefficient (Wildman–Crippen LogP) is 2.52. The van der Waals surface area contributed by atoms with Crippen molar-refractivity contribution in [1.82, 2.24) is 4.90 Å². The first kappa shape index (κ1) is 12.7. The maximum Gasteiger partial charge on any atom is 0.410 e. The van der Waals surface area contributed by atoms with Gasteiger partial charge in [0.15, 0.2) is 6.10 Å². The summed E-state index contributed by atoms with van der Waals surface area (Å²) in [5.41, 5.74) is 2.34. The first-order chi connectivity index (χ1) is 8.58. The molecule has 1 atom stereocenters. The van der Waals surface area contributed by atoms with Gasteiger partial charge in [-0.1, -0.05) is 6.07 Å². The van der Waals surface area contributed by atoms with Gasteiger partial charge in [0.1, 0.15) is 12.4 Å². The molecule has 1 aliphatic rings. The van der Waals surface area contributed by atoms with Crippen LogP contribution in [0.2, 0.25) is 0 Å². The number of nitrogens with zero attached hydrogens (tertiary/aromatic N) is 1. The van der Waals surface area contributed by atoms with E-state index in [1.165, 1.54) is 11.1 Å². The van der Waals surface area contributed by atoms with E-state index in [0.29, 0.717) is 19.7 Å². The van der Waals surface area contributed by atoms with E-state index in [9.17, 15) is 4.79 Å². The van der Waals surface area contributed by atoms with Crippen LogP contribution in [-0.2, 0) is 4.74 Å². The second-order valence-corrected chi connectivity index (χ2v) is 4.68. The highest BCUT2D eigenvalue weighted by Gasteiger charge is 2.30. The van der Waals surface area contributed by atoms with Gasteiger partial charge < -0.3 is 14.4 Å². The van der Waals surface area contributed by atoms with Gasteiger partial charge in [0.2, 0.25) is 0 Å². The summed E-state index contributed by atoms with van der Waals surface area (Å²) in [6.45, 7) is 7.71. The van der Waals surface area contributed by atoms with Crippen molar-refractivity contribution in [2.75, 3.05) is 19.7 Å². The molecule has 1 fully saturated rings. The molecular weight excluding hydrogens is 230 g/mol. The van der Waals surface area contributed by atoms with E-state index < -0.39 is 0 Å². The minimum atomic E-state index is -0.244. The van der Waals surface area contributed by atoms with Crippen LogP contribution in [0, 0.1) is 13.8 Å². The summed E-state index contributed by atoms with van der Waals surface area (Å²) in [6.07, 6.45) is -0.412. The average Bonchev–Trinajstić information content (AvgIpc) is 2.66. The van der Waals surface area contributed by atoms with Gasteiger partial charge in [-0.15, -0.1) is 0 Å². The Labute approximate surface area is 107 Å². The molecule has 1 amide bonds. The molecule has 0 saturated carbocycles. The first-order valence-electron chi connectivity index (χ1n) is 6.25. The minimum absolute atomic E-state index is 0.168. The van der Waals surface area contributed by atoms with Crippen LogP contribution < -0.4 is 4.74 Å². The molecular formula is C14H19NO3. The molecule has 98 valence electrons. The van der Waals surface area contributed by atoms with Crippen LogP contribution in [-0.4, -0.2) is 36.8 Å². The highest BCUT2D eigenvalue weighted by Crippen LogP contribution is 2.18. The summed E-state index contributed by atoms with van der Waals surface area (Å²) in [5.74, 6) is 0.832. The maximum absolute atomic E-state index is 11.4. The van der Waals surface area contributed by atoms with Crippen molar-refractivity contribution in [3.63, 3.8) is 0 Å². The number of likely N-dealkylation sites (N-methyl/N-ethyl adjacent to an activating group) is 1. The maximum atomic E-state index is 11.4. The fourth-order valence-electron chi connectivity index (χ4n) is 2.13. The van der Waals surface area contributed by atoms with Gasteiger partial charge in [0, 0.05) is 6.54 Å². The van der Waals surface area contributed by atoms with E-state index in [2.05, 4.69) is 6.07 Å². The van der Waals surface area contributed by atoms with Crippen molar-refractivity contribution in [2.24, 2.45) is 0 Å². The van der Waals surface area contributed by atoms with Crippen molar-refractivity contribution < 1.29 is 14.3 Å². The third kappa shape index (κ3) is 2.94. The van der Waals surface area contributed by atoms with Gasteiger partial charge in [-0.05, 0) is 44.0 Å². The zero-order valence-electron chi connectivity index (χ0n) is 11.1. The molecule has 0 spiro atoms. The predicted molar refractivity (Wildman–Crippen MR) is 68.9 cm³/mol. The topological polar surface area (TPSA) is 38.8 Å². The number of carbonyl (C=O) groups is 1. The Bertz CT molecular complexity index is 424. The molecule has 1 saturated heterocycles. The summed E-state index contributed by atoms with van der Waals surface area (Å²) < 4.78 is 10.9. The zero-order chi connectivity index (χ0) is 13.1. The lowest BCUT2D eigenvalue weighted by Gasteiger charge is -2.12. The van der Waals surface area contributed by atoms with Gasteiger partial charge in [-0.3, -0.25) is 0 Å². The Balaban J connectivity index is 1.90. The fraction of sp³-hybridized carbons (Fsp3) is 0.500. The summed E-state index contributed by atoms with van der Waals surface area (Å²) in [4.78, 5) is 13.1. The van der Waals surface area contributed by atoms with E-state index in [1.54, 1.807) is 4.90 Å². The third-order valence-electron chi connectivity index (χ3n) is 2.96. The fourth-order valence-corrected chi connectivity index (χ4v) is 2.13. The van der Waals surface area contributed by atoms with E-state index >= 15 is 0 Å². The van der Waals surface area contributed by atoms with Gasteiger partial charge >= 0.3 is 6.09 Å². The van der Waals surface area contributed by atoms with Crippen LogP contribution in [0.5, 0.6) is 5.75 Å². The van der Waals surface area contributed by atoms with Crippen LogP contribution >= 0.6 is 0 Å². The molecule has 0 bridgehead atoms. The molecule has 1 aromatic rings.